The number of nitrogens with zero attached hydrogens (tertiary/aromatic N) is 3. The van der Waals surface area contributed by atoms with Crippen LogP contribution in [-0.4, -0.2) is 66.4 Å². The van der Waals surface area contributed by atoms with Gasteiger partial charge in [0.2, 0.25) is 5.91 Å². The van der Waals surface area contributed by atoms with Gasteiger partial charge in [0.1, 0.15) is 17.3 Å². The van der Waals surface area contributed by atoms with Gasteiger partial charge in [-0.05, 0) is 36.4 Å². The van der Waals surface area contributed by atoms with Crippen LogP contribution >= 0.6 is 11.3 Å². The molecule has 1 saturated heterocycles. The van der Waals surface area contributed by atoms with Crippen LogP contribution < -0.4 is 15.4 Å². The topological polar surface area (TPSA) is 86.8 Å². The minimum absolute atomic E-state index is 0.130. The van der Waals surface area contributed by atoms with Crippen molar-refractivity contribution in [2.24, 2.45) is 0 Å². The maximum absolute atomic E-state index is 13.0. The van der Waals surface area contributed by atoms with Gasteiger partial charge in [-0.1, -0.05) is 12.1 Å². The number of methoxy groups -OCH3 is 1. The SMILES string of the molecule is COc1ccccc1Nc1nc(C(=O)N2CCN(CC(=O)Nc3ccc(F)cc3)CC2)cs1. The van der Waals surface area contributed by atoms with E-state index in [1.807, 2.05) is 29.2 Å². The van der Waals surface area contributed by atoms with Crippen molar-refractivity contribution in [2.45, 2.75) is 0 Å². The van der Waals surface area contributed by atoms with Gasteiger partial charge in [-0.3, -0.25) is 14.5 Å². The lowest BCUT2D eigenvalue weighted by molar-refractivity contribution is -0.117. The number of nitrogens with one attached hydrogen (secondary N) is 2. The lowest BCUT2D eigenvalue weighted by atomic mass is 10.2. The van der Waals surface area contributed by atoms with Gasteiger partial charge in [-0.2, -0.15) is 0 Å². The van der Waals surface area contributed by atoms with Gasteiger partial charge >= 0.3 is 0 Å². The first-order chi connectivity index (χ1) is 16.0. The number of anilines is 3. The first-order valence-corrected chi connectivity index (χ1v) is 11.3. The molecule has 0 aliphatic carbocycles. The molecular weight excluding hydrogens is 445 g/mol. The third-order valence-electron chi connectivity index (χ3n) is 5.23. The highest BCUT2D eigenvalue weighted by Gasteiger charge is 2.25. The van der Waals surface area contributed by atoms with Crippen LogP contribution in [0.15, 0.2) is 53.9 Å². The Hall–Kier alpha value is -3.50. The summed E-state index contributed by atoms with van der Waals surface area (Å²) < 4.78 is 18.3. The van der Waals surface area contributed by atoms with E-state index >= 15 is 0 Å². The molecule has 3 aromatic rings. The molecule has 0 saturated carbocycles. The summed E-state index contributed by atoms with van der Waals surface area (Å²) in [5.74, 6) is 0.0411. The van der Waals surface area contributed by atoms with Gasteiger partial charge in [0.25, 0.3) is 5.91 Å². The molecule has 1 fully saturated rings. The van der Waals surface area contributed by atoms with Crippen LogP contribution in [0.5, 0.6) is 5.75 Å². The van der Waals surface area contributed by atoms with E-state index in [9.17, 15) is 14.0 Å². The van der Waals surface area contributed by atoms with E-state index in [-0.39, 0.29) is 24.2 Å². The number of ether oxygens (including phenoxy) is 1. The Morgan fingerprint density at radius 2 is 1.82 bits per heavy atom. The van der Waals surface area contributed by atoms with Crippen LogP contribution in [0.3, 0.4) is 0 Å². The highest BCUT2D eigenvalue weighted by atomic mass is 32.1. The summed E-state index contributed by atoms with van der Waals surface area (Å²) in [4.78, 5) is 33.3. The van der Waals surface area contributed by atoms with Crippen LogP contribution in [0.1, 0.15) is 10.5 Å². The first-order valence-electron chi connectivity index (χ1n) is 10.4. The summed E-state index contributed by atoms with van der Waals surface area (Å²) in [6.07, 6.45) is 0. The molecule has 1 aliphatic rings. The average molecular weight is 470 g/mol. The number of piperazine rings is 1. The van der Waals surface area contributed by atoms with E-state index in [0.29, 0.717) is 48.4 Å². The van der Waals surface area contributed by atoms with Crippen LogP contribution in [0.4, 0.5) is 20.9 Å². The smallest absolute Gasteiger partial charge is 0.273 e. The van der Waals surface area contributed by atoms with Crippen LogP contribution in [0.25, 0.3) is 0 Å². The van der Waals surface area contributed by atoms with Crippen molar-refractivity contribution in [2.75, 3.05) is 50.5 Å². The maximum atomic E-state index is 13.0. The Morgan fingerprint density at radius 1 is 1.09 bits per heavy atom. The molecule has 1 aliphatic heterocycles. The molecule has 2 heterocycles. The van der Waals surface area contributed by atoms with Gasteiger partial charge in [0.05, 0.1) is 19.3 Å². The zero-order valence-corrected chi connectivity index (χ0v) is 18.9. The first kappa shape index (κ1) is 22.7. The van der Waals surface area contributed by atoms with E-state index in [1.165, 1.54) is 35.6 Å². The Kier molecular flexibility index (Phi) is 7.16. The van der Waals surface area contributed by atoms with Crippen LogP contribution in [-0.2, 0) is 4.79 Å². The number of halogens is 1. The minimum atomic E-state index is -0.350. The summed E-state index contributed by atoms with van der Waals surface area (Å²) in [6.45, 7) is 2.39. The second kappa shape index (κ2) is 10.4. The largest absolute Gasteiger partial charge is 0.495 e. The molecule has 0 atom stereocenters. The molecule has 4 rings (SSSR count). The molecule has 0 bridgehead atoms. The summed E-state index contributed by atoms with van der Waals surface area (Å²) in [7, 11) is 1.60. The van der Waals surface area contributed by atoms with Crippen molar-refractivity contribution in [3.05, 3.63) is 65.4 Å². The number of aromatic nitrogens is 1. The molecule has 8 nitrogen and oxygen atoms in total. The molecule has 2 aromatic carbocycles. The van der Waals surface area contributed by atoms with E-state index in [2.05, 4.69) is 15.6 Å². The van der Waals surface area contributed by atoms with Gasteiger partial charge in [0, 0.05) is 37.2 Å². The van der Waals surface area contributed by atoms with Crippen molar-refractivity contribution in [1.82, 2.24) is 14.8 Å². The zero-order chi connectivity index (χ0) is 23.2. The average Bonchev–Trinajstić information content (AvgIpc) is 3.29. The van der Waals surface area contributed by atoms with E-state index in [1.54, 1.807) is 17.4 Å². The van der Waals surface area contributed by atoms with Gasteiger partial charge in [0.15, 0.2) is 5.13 Å². The lowest BCUT2D eigenvalue weighted by Gasteiger charge is -2.33. The number of rotatable bonds is 7. The number of benzene rings is 2. The minimum Gasteiger partial charge on any atom is -0.495 e. The summed E-state index contributed by atoms with van der Waals surface area (Å²) in [6, 6.07) is 13.2. The Bertz CT molecular complexity index is 1110. The lowest BCUT2D eigenvalue weighted by Crippen LogP contribution is -2.50. The number of amides is 2. The number of para-hydroxylation sites is 2. The molecule has 172 valence electrons. The molecule has 0 spiro atoms. The van der Waals surface area contributed by atoms with Crippen LogP contribution in [0, 0.1) is 5.82 Å². The Balaban J connectivity index is 1.27. The maximum Gasteiger partial charge on any atom is 0.273 e. The van der Waals surface area contributed by atoms with E-state index in [4.69, 9.17) is 4.74 Å². The number of hydrogen-bond donors (Lipinski definition) is 2. The molecule has 0 radical (unpaired) electrons. The van der Waals surface area contributed by atoms with E-state index < -0.39 is 0 Å². The monoisotopic (exact) mass is 469 g/mol. The third kappa shape index (κ3) is 5.85. The van der Waals surface area contributed by atoms with Crippen molar-refractivity contribution in [1.29, 1.82) is 0 Å². The Labute approximate surface area is 195 Å². The van der Waals surface area contributed by atoms with Crippen molar-refractivity contribution in [3.63, 3.8) is 0 Å². The second-order valence-corrected chi connectivity index (χ2v) is 8.34. The van der Waals surface area contributed by atoms with Gasteiger partial charge in [-0.15, -0.1) is 11.3 Å². The fourth-order valence-electron chi connectivity index (χ4n) is 3.50. The van der Waals surface area contributed by atoms with Crippen LogP contribution in [0.2, 0.25) is 0 Å². The zero-order valence-electron chi connectivity index (χ0n) is 18.1. The van der Waals surface area contributed by atoms with Gasteiger partial charge in [-0.25, -0.2) is 9.37 Å². The molecule has 1 aromatic heterocycles. The molecule has 2 amide bonds. The molecule has 10 heteroatoms. The number of carbonyl (C=O) groups is 2. The predicted molar refractivity (Wildman–Crippen MR) is 126 cm³/mol. The highest BCUT2D eigenvalue weighted by molar-refractivity contribution is 7.14. The van der Waals surface area contributed by atoms with Crippen molar-refractivity contribution < 1.29 is 18.7 Å². The fourth-order valence-corrected chi connectivity index (χ4v) is 4.20. The normalized spacial score (nSPS) is 14.1. The summed E-state index contributed by atoms with van der Waals surface area (Å²) in [5, 5.41) is 8.30. The summed E-state index contributed by atoms with van der Waals surface area (Å²) >= 11 is 1.35. The predicted octanol–water partition coefficient (Wildman–Crippen LogP) is 3.43. The molecule has 0 unspecified atom stereocenters. The second-order valence-electron chi connectivity index (χ2n) is 7.49. The fraction of sp³-hybridized carbons (Fsp3) is 0.261. The van der Waals surface area contributed by atoms with Crippen molar-refractivity contribution in [3.8, 4) is 5.75 Å². The molecular formula is C23H24FN5O3S. The van der Waals surface area contributed by atoms with Crippen molar-refractivity contribution >= 4 is 39.7 Å². The highest BCUT2D eigenvalue weighted by Crippen LogP contribution is 2.28. The number of thiazole rings is 1. The standard InChI is InChI=1S/C23H24FN5O3S/c1-32-20-5-3-2-4-18(20)26-23-27-19(15-33-23)22(31)29-12-10-28(11-13-29)14-21(30)25-17-8-6-16(24)7-9-17/h2-9,15H,10-14H2,1H3,(H,25,30)(H,26,27). The molecule has 2 N–H and O–H groups in total. The third-order valence-corrected chi connectivity index (χ3v) is 5.98. The quantitative estimate of drug-likeness (QED) is 0.551. The Morgan fingerprint density at radius 3 is 2.55 bits per heavy atom. The number of hydrogen-bond acceptors (Lipinski definition) is 7. The molecule has 33 heavy (non-hydrogen) atoms. The number of carbonyl (C=O) groups excluding carboxylic acids is 2. The summed E-state index contributed by atoms with van der Waals surface area (Å²) in [5.41, 5.74) is 1.72. The van der Waals surface area contributed by atoms with Gasteiger partial charge < -0.3 is 20.3 Å². The van der Waals surface area contributed by atoms with E-state index in [0.717, 1.165) is 5.69 Å².